The number of aryl methyl sites for hydroxylation is 2. The fourth-order valence-electron chi connectivity index (χ4n) is 1.82. The second-order valence-electron chi connectivity index (χ2n) is 5.24. The van der Waals surface area contributed by atoms with Gasteiger partial charge in [0, 0.05) is 25.3 Å². The number of benzene rings is 1. The van der Waals surface area contributed by atoms with Crippen molar-refractivity contribution in [3.63, 3.8) is 0 Å². The summed E-state index contributed by atoms with van der Waals surface area (Å²) in [5.41, 5.74) is 1.94. The van der Waals surface area contributed by atoms with E-state index in [4.69, 9.17) is 4.42 Å². The fraction of sp³-hybridized carbons (Fsp3) is 0.312. The predicted octanol–water partition coefficient (Wildman–Crippen LogP) is 2.72. The first-order valence-corrected chi connectivity index (χ1v) is 8.04. The third-order valence-electron chi connectivity index (χ3n) is 3.14. The van der Waals surface area contributed by atoms with Gasteiger partial charge in [-0.3, -0.25) is 9.59 Å². The van der Waals surface area contributed by atoms with Crippen LogP contribution in [0.1, 0.15) is 21.8 Å². The van der Waals surface area contributed by atoms with Crippen molar-refractivity contribution in [3.05, 3.63) is 41.3 Å². The number of rotatable bonds is 5. The number of carbonyl (C=O) groups is 2. The quantitative estimate of drug-likeness (QED) is 0.852. The Morgan fingerprint density at radius 1 is 1.30 bits per heavy atom. The van der Waals surface area contributed by atoms with Crippen LogP contribution in [0.3, 0.4) is 0 Å². The van der Waals surface area contributed by atoms with Crippen molar-refractivity contribution in [1.29, 1.82) is 0 Å². The van der Waals surface area contributed by atoms with E-state index >= 15 is 0 Å². The van der Waals surface area contributed by atoms with Crippen LogP contribution >= 0.6 is 11.8 Å². The molecule has 0 aliphatic heterocycles. The highest BCUT2D eigenvalue weighted by atomic mass is 32.2. The van der Waals surface area contributed by atoms with Crippen LogP contribution < -0.4 is 5.32 Å². The molecule has 0 aliphatic rings. The third kappa shape index (κ3) is 4.59. The van der Waals surface area contributed by atoms with Crippen LogP contribution in [-0.2, 0) is 4.79 Å². The van der Waals surface area contributed by atoms with Gasteiger partial charge in [-0.2, -0.15) is 0 Å². The number of hydrogen-bond acceptors (Lipinski definition) is 5. The summed E-state index contributed by atoms with van der Waals surface area (Å²) in [7, 11) is 3.37. The zero-order valence-corrected chi connectivity index (χ0v) is 14.4. The highest BCUT2D eigenvalue weighted by molar-refractivity contribution is 7.99. The Bertz CT molecular complexity index is 706. The molecule has 0 atom stereocenters. The maximum absolute atomic E-state index is 12.0. The number of thioether (sulfide) groups is 1. The van der Waals surface area contributed by atoms with E-state index in [0.717, 1.165) is 11.5 Å². The number of anilines is 1. The Morgan fingerprint density at radius 2 is 2.04 bits per heavy atom. The van der Waals surface area contributed by atoms with Crippen LogP contribution in [0.15, 0.2) is 33.9 Å². The van der Waals surface area contributed by atoms with Gasteiger partial charge in [0.2, 0.25) is 5.91 Å². The molecule has 0 unspecified atom stereocenters. The monoisotopic (exact) mass is 333 g/mol. The van der Waals surface area contributed by atoms with Crippen molar-refractivity contribution in [2.24, 2.45) is 0 Å². The Kier molecular flexibility index (Phi) is 5.44. The van der Waals surface area contributed by atoms with E-state index in [1.54, 1.807) is 38.4 Å². The van der Waals surface area contributed by atoms with Crippen molar-refractivity contribution in [1.82, 2.24) is 9.88 Å². The van der Waals surface area contributed by atoms with E-state index in [1.165, 1.54) is 16.7 Å². The average molecular weight is 333 g/mol. The molecule has 122 valence electrons. The van der Waals surface area contributed by atoms with Gasteiger partial charge in [-0.15, -0.1) is 0 Å². The molecule has 2 aromatic rings. The number of nitrogens with zero attached hydrogens (tertiary/aromatic N) is 2. The predicted molar refractivity (Wildman–Crippen MR) is 89.8 cm³/mol. The van der Waals surface area contributed by atoms with E-state index in [1.807, 2.05) is 13.8 Å². The van der Waals surface area contributed by atoms with Gasteiger partial charge >= 0.3 is 0 Å². The first-order chi connectivity index (χ1) is 10.9. The molecule has 0 aliphatic carbocycles. The number of aromatic nitrogens is 1. The van der Waals surface area contributed by atoms with Gasteiger partial charge in [0.1, 0.15) is 5.76 Å². The molecule has 6 nitrogen and oxygen atoms in total. The lowest BCUT2D eigenvalue weighted by Gasteiger charge is -2.11. The third-order valence-corrected chi connectivity index (χ3v) is 3.96. The molecular formula is C16H19N3O3S. The zero-order valence-electron chi connectivity index (χ0n) is 13.5. The van der Waals surface area contributed by atoms with Gasteiger partial charge in [-0.25, -0.2) is 4.98 Å². The van der Waals surface area contributed by atoms with Crippen molar-refractivity contribution in [2.75, 3.05) is 25.2 Å². The SMILES string of the molecule is Cc1nc(SCC(=O)Nc2cccc(C(=O)N(C)C)c2)oc1C. The number of carbonyl (C=O) groups excluding carboxylic acids is 2. The number of oxazole rings is 1. The van der Waals surface area contributed by atoms with E-state index in [-0.39, 0.29) is 17.6 Å². The van der Waals surface area contributed by atoms with Crippen LogP contribution in [-0.4, -0.2) is 41.5 Å². The first kappa shape index (κ1) is 17.1. The van der Waals surface area contributed by atoms with Gasteiger partial charge in [-0.1, -0.05) is 17.8 Å². The Hall–Kier alpha value is -2.28. The minimum absolute atomic E-state index is 0.110. The van der Waals surface area contributed by atoms with E-state index < -0.39 is 0 Å². The van der Waals surface area contributed by atoms with Gasteiger partial charge < -0.3 is 14.6 Å². The molecule has 1 N–H and O–H groups in total. The molecule has 0 bridgehead atoms. The smallest absolute Gasteiger partial charge is 0.256 e. The van der Waals surface area contributed by atoms with Crippen molar-refractivity contribution >= 4 is 29.3 Å². The molecule has 0 radical (unpaired) electrons. The largest absolute Gasteiger partial charge is 0.437 e. The normalized spacial score (nSPS) is 10.4. The van der Waals surface area contributed by atoms with Crippen LogP contribution in [0.4, 0.5) is 5.69 Å². The molecule has 2 rings (SSSR count). The van der Waals surface area contributed by atoms with Crippen molar-refractivity contribution in [2.45, 2.75) is 19.1 Å². The highest BCUT2D eigenvalue weighted by Crippen LogP contribution is 2.20. The summed E-state index contributed by atoms with van der Waals surface area (Å²) in [4.78, 5) is 29.6. The van der Waals surface area contributed by atoms with Crippen molar-refractivity contribution < 1.29 is 14.0 Å². The molecule has 1 heterocycles. The summed E-state index contributed by atoms with van der Waals surface area (Å²) in [6, 6.07) is 6.85. The summed E-state index contributed by atoms with van der Waals surface area (Å²) in [5.74, 6) is 0.646. The lowest BCUT2D eigenvalue weighted by atomic mass is 10.2. The van der Waals surface area contributed by atoms with Gasteiger partial charge in [-0.05, 0) is 32.0 Å². The zero-order chi connectivity index (χ0) is 17.0. The molecule has 2 amide bonds. The Morgan fingerprint density at radius 3 is 2.65 bits per heavy atom. The molecule has 0 spiro atoms. The van der Waals surface area contributed by atoms with E-state index in [9.17, 15) is 9.59 Å². The van der Waals surface area contributed by atoms with E-state index in [2.05, 4.69) is 10.3 Å². The van der Waals surface area contributed by atoms with E-state index in [0.29, 0.717) is 16.5 Å². The van der Waals surface area contributed by atoms with Crippen LogP contribution in [0.2, 0.25) is 0 Å². The van der Waals surface area contributed by atoms with Crippen molar-refractivity contribution in [3.8, 4) is 0 Å². The summed E-state index contributed by atoms with van der Waals surface area (Å²) < 4.78 is 5.41. The average Bonchev–Trinajstić information content (AvgIpc) is 2.83. The number of hydrogen-bond donors (Lipinski definition) is 1. The lowest BCUT2D eigenvalue weighted by molar-refractivity contribution is -0.113. The fourth-order valence-corrected chi connectivity index (χ4v) is 2.53. The first-order valence-electron chi connectivity index (χ1n) is 7.05. The maximum Gasteiger partial charge on any atom is 0.256 e. The molecule has 1 aromatic carbocycles. The molecule has 0 saturated carbocycles. The van der Waals surface area contributed by atoms with Crippen LogP contribution in [0.5, 0.6) is 0 Å². The second kappa shape index (κ2) is 7.32. The standard InChI is InChI=1S/C16H19N3O3S/c1-10-11(2)22-16(17-10)23-9-14(20)18-13-7-5-6-12(8-13)15(21)19(3)4/h5-8H,9H2,1-4H3,(H,18,20). The molecule has 23 heavy (non-hydrogen) atoms. The van der Waals surface area contributed by atoms with Gasteiger partial charge in [0.05, 0.1) is 11.4 Å². The summed E-state index contributed by atoms with van der Waals surface area (Å²) >= 11 is 1.23. The maximum atomic E-state index is 12.0. The minimum Gasteiger partial charge on any atom is -0.437 e. The number of nitrogens with one attached hydrogen (secondary N) is 1. The molecule has 1 aromatic heterocycles. The lowest BCUT2D eigenvalue weighted by Crippen LogP contribution is -2.22. The summed E-state index contributed by atoms with van der Waals surface area (Å²) in [6.07, 6.45) is 0. The topological polar surface area (TPSA) is 75.4 Å². The Labute approximate surface area is 139 Å². The molecular weight excluding hydrogens is 314 g/mol. The minimum atomic E-state index is -0.182. The molecule has 7 heteroatoms. The van der Waals surface area contributed by atoms with Gasteiger partial charge in [0.15, 0.2) is 0 Å². The highest BCUT2D eigenvalue weighted by Gasteiger charge is 2.11. The van der Waals surface area contributed by atoms with Crippen LogP contribution in [0.25, 0.3) is 0 Å². The summed E-state index contributed by atoms with van der Waals surface area (Å²) in [6.45, 7) is 3.69. The second-order valence-corrected chi connectivity index (χ2v) is 6.17. The summed E-state index contributed by atoms with van der Waals surface area (Å²) in [5, 5.41) is 3.25. The number of amides is 2. The molecule has 0 fully saturated rings. The van der Waals surface area contributed by atoms with Crippen LogP contribution in [0, 0.1) is 13.8 Å². The van der Waals surface area contributed by atoms with Gasteiger partial charge in [0.25, 0.3) is 11.1 Å². The Balaban J connectivity index is 1.95. The molecule has 0 saturated heterocycles.